The number of nitrogens with one attached hydrogen (secondary N) is 1. The minimum Gasteiger partial charge on any atom is -0.465 e. The SMILES string of the molecule is COC(=O)c1cc2sc(NC(=O)N(C)c3ccc(C)cc3)cc2oc1=O. The number of thiophene rings is 1. The molecule has 0 bridgehead atoms. The molecule has 134 valence electrons. The van der Waals surface area contributed by atoms with Crippen LogP contribution in [0.1, 0.15) is 15.9 Å². The van der Waals surface area contributed by atoms with E-state index in [2.05, 4.69) is 10.1 Å². The van der Waals surface area contributed by atoms with Crippen molar-refractivity contribution in [1.82, 2.24) is 0 Å². The number of nitrogens with zero attached hydrogens (tertiary/aromatic N) is 1. The third-order valence-electron chi connectivity index (χ3n) is 3.78. The number of hydrogen-bond acceptors (Lipinski definition) is 6. The largest absolute Gasteiger partial charge is 0.465 e. The van der Waals surface area contributed by atoms with Gasteiger partial charge in [-0.15, -0.1) is 11.3 Å². The van der Waals surface area contributed by atoms with E-state index < -0.39 is 11.6 Å². The first-order chi connectivity index (χ1) is 12.4. The van der Waals surface area contributed by atoms with E-state index in [1.165, 1.54) is 29.4 Å². The van der Waals surface area contributed by atoms with Crippen molar-refractivity contribution in [3.63, 3.8) is 0 Å². The zero-order valence-corrected chi connectivity index (χ0v) is 15.2. The number of urea groups is 1. The minimum atomic E-state index is -0.781. The lowest BCUT2D eigenvalue weighted by Gasteiger charge is -2.17. The highest BCUT2D eigenvalue weighted by Gasteiger charge is 2.17. The summed E-state index contributed by atoms with van der Waals surface area (Å²) in [4.78, 5) is 37.3. The second-order valence-corrected chi connectivity index (χ2v) is 6.69. The number of carbonyl (C=O) groups is 2. The molecule has 1 aromatic carbocycles. The lowest BCUT2D eigenvalue weighted by molar-refractivity contribution is 0.0596. The molecule has 0 aliphatic heterocycles. The number of esters is 1. The predicted molar refractivity (Wildman–Crippen MR) is 100 cm³/mol. The number of fused-ring (bicyclic) bond motifs is 1. The van der Waals surface area contributed by atoms with Crippen LogP contribution in [0.25, 0.3) is 10.3 Å². The summed E-state index contributed by atoms with van der Waals surface area (Å²) in [5, 5.41) is 3.25. The first kappa shape index (κ1) is 17.7. The molecule has 0 fully saturated rings. The Morgan fingerprint density at radius 2 is 1.88 bits per heavy atom. The highest BCUT2D eigenvalue weighted by molar-refractivity contribution is 7.22. The Hall–Kier alpha value is -3.13. The number of amides is 2. The lowest BCUT2D eigenvalue weighted by Crippen LogP contribution is -2.30. The highest BCUT2D eigenvalue weighted by Crippen LogP contribution is 2.30. The Balaban J connectivity index is 1.84. The molecule has 0 radical (unpaired) electrons. The summed E-state index contributed by atoms with van der Waals surface area (Å²) in [6.07, 6.45) is 0. The zero-order chi connectivity index (χ0) is 18.8. The average Bonchev–Trinajstić information content (AvgIpc) is 3.01. The van der Waals surface area contributed by atoms with Crippen LogP contribution in [0.5, 0.6) is 0 Å². The van der Waals surface area contributed by atoms with Gasteiger partial charge in [-0.1, -0.05) is 17.7 Å². The molecular formula is C18H16N2O5S. The van der Waals surface area contributed by atoms with E-state index in [9.17, 15) is 14.4 Å². The van der Waals surface area contributed by atoms with Gasteiger partial charge in [-0.3, -0.25) is 10.2 Å². The van der Waals surface area contributed by atoms with Crippen LogP contribution in [0.3, 0.4) is 0 Å². The number of methoxy groups -OCH3 is 1. The van der Waals surface area contributed by atoms with Gasteiger partial charge in [0.05, 0.1) is 11.8 Å². The summed E-state index contributed by atoms with van der Waals surface area (Å²) in [6, 6.07) is 10.1. The fourth-order valence-electron chi connectivity index (χ4n) is 2.30. The van der Waals surface area contributed by atoms with E-state index in [0.717, 1.165) is 11.3 Å². The minimum absolute atomic E-state index is 0.184. The van der Waals surface area contributed by atoms with Crippen LogP contribution in [-0.4, -0.2) is 26.2 Å². The molecule has 0 atom stereocenters. The fourth-order valence-corrected chi connectivity index (χ4v) is 3.22. The van der Waals surface area contributed by atoms with Crippen LogP contribution in [0.15, 0.2) is 45.6 Å². The lowest BCUT2D eigenvalue weighted by atomic mass is 10.2. The van der Waals surface area contributed by atoms with E-state index in [1.807, 2.05) is 31.2 Å². The molecule has 0 spiro atoms. The van der Waals surface area contributed by atoms with Crippen LogP contribution >= 0.6 is 11.3 Å². The molecule has 3 rings (SSSR count). The maximum absolute atomic E-state index is 12.4. The molecule has 2 aromatic heterocycles. The van der Waals surface area contributed by atoms with Crippen molar-refractivity contribution in [3.8, 4) is 0 Å². The molecule has 7 nitrogen and oxygen atoms in total. The second-order valence-electron chi connectivity index (χ2n) is 5.60. The monoisotopic (exact) mass is 372 g/mol. The van der Waals surface area contributed by atoms with Gasteiger partial charge in [0.25, 0.3) is 0 Å². The average molecular weight is 372 g/mol. The van der Waals surface area contributed by atoms with E-state index >= 15 is 0 Å². The standard InChI is InChI=1S/C18H16N2O5S/c1-10-4-6-11(7-5-10)20(2)18(23)19-15-9-13-14(26-15)8-12(16(21)24-3)17(22)25-13/h4-9H,1-3H3,(H,19,23). The summed E-state index contributed by atoms with van der Waals surface area (Å²) in [5.41, 5.74) is 1.17. The van der Waals surface area contributed by atoms with E-state index in [0.29, 0.717) is 15.3 Å². The van der Waals surface area contributed by atoms with E-state index in [-0.39, 0.29) is 11.6 Å². The normalized spacial score (nSPS) is 10.6. The van der Waals surface area contributed by atoms with Gasteiger partial charge < -0.3 is 9.15 Å². The summed E-state index contributed by atoms with van der Waals surface area (Å²) < 4.78 is 10.2. The van der Waals surface area contributed by atoms with Gasteiger partial charge in [0, 0.05) is 18.8 Å². The highest BCUT2D eigenvalue weighted by atomic mass is 32.1. The molecule has 1 N–H and O–H groups in total. The number of ether oxygens (including phenoxy) is 1. The smallest absolute Gasteiger partial charge is 0.351 e. The summed E-state index contributed by atoms with van der Waals surface area (Å²) in [7, 11) is 2.84. The maximum Gasteiger partial charge on any atom is 0.351 e. The molecule has 2 amide bonds. The van der Waals surface area contributed by atoms with Crippen LogP contribution in [0.4, 0.5) is 15.5 Å². The van der Waals surface area contributed by atoms with Crippen molar-refractivity contribution in [1.29, 1.82) is 0 Å². The van der Waals surface area contributed by atoms with E-state index in [4.69, 9.17) is 4.42 Å². The molecule has 0 saturated carbocycles. The number of hydrogen-bond donors (Lipinski definition) is 1. The molecule has 0 aliphatic carbocycles. The van der Waals surface area contributed by atoms with Gasteiger partial charge in [0.1, 0.15) is 10.6 Å². The molecule has 0 unspecified atom stereocenters. The number of rotatable bonds is 3. The Morgan fingerprint density at radius 3 is 2.54 bits per heavy atom. The number of anilines is 2. The maximum atomic E-state index is 12.4. The Bertz CT molecular complexity index is 1040. The van der Waals surface area contributed by atoms with Crippen molar-refractivity contribution in [3.05, 3.63) is 57.9 Å². The first-order valence-corrected chi connectivity index (χ1v) is 8.48. The topological polar surface area (TPSA) is 88.8 Å². The molecule has 2 heterocycles. The second kappa shape index (κ2) is 7.01. The number of benzene rings is 1. The van der Waals surface area contributed by atoms with Gasteiger partial charge in [-0.2, -0.15) is 0 Å². The van der Waals surface area contributed by atoms with Crippen molar-refractivity contribution in [2.75, 3.05) is 24.4 Å². The van der Waals surface area contributed by atoms with Crippen molar-refractivity contribution in [2.45, 2.75) is 6.92 Å². The number of aryl methyl sites for hydroxylation is 1. The summed E-state index contributed by atoms with van der Waals surface area (Å²) >= 11 is 1.19. The quantitative estimate of drug-likeness (QED) is 0.710. The van der Waals surface area contributed by atoms with Gasteiger partial charge in [0.15, 0.2) is 5.58 Å². The third-order valence-corrected chi connectivity index (χ3v) is 4.76. The molecule has 26 heavy (non-hydrogen) atoms. The van der Waals surface area contributed by atoms with Crippen LogP contribution in [0.2, 0.25) is 0 Å². The van der Waals surface area contributed by atoms with Crippen LogP contribution in [-0.2, 0) is 4.74 Å². The first-order valence-electron chi connectivity index (χ1n) is 7.66. The van der Waals surface area contributed by atoms with Crippen molar-refractivity contribution >= 4 is 44.3 Å². The molecule has 0 saturated heterocycles. The van der Waals surface area contributed by atoms with Crippen LogP contribution < -0.4 is 15.8 Å². The van der Waals surface area contributed by atoms with Gasteiger partial charge in [-0.05, 0) is 25.1 Å². The summed E-state index contributed by atoms with van der Waals surface area (Å²) in [6.45, 7) is 1.97. The molecule has 0 aliphatic rings. The fraction of sp³-hybridized carbons (Fsp3) is 0.167. The van der Waals surface area contributed by atoms with Crippen LogP contribution in [0, 0.1) is 6.92 Å². The Morgan fingerprint density at radius 1 is 1.19 bits per heavy atom. The van der Waals surface area contributed by atoms with E-state index in [1.54, 1.807) is 13.1 Å². The van der Waals surface area contributed by atoms with Crippen molar-refractivity contribution in [2.24, 2.45) is 0 Å². The third kappa shape index (κ3) is 3.45. The predicted octanol–water partition coefficient (Wildman–Crippen LogP) is 3.62. The molecular weight excluding hydrogens is 356 g/mol. The summed E-state index contributed by atoms with van der Waals surface area (Å²) in [5.74, 6) is -0.765. The van der Waals surface area contributed by atoms with Crippen molar-refractivity contribution < 1.29 is 18.7 Å². The van der Waals surface area contributed by atoms with Gasteiger partial charge in [-0.25, -0.2) is 14.4 Å². The Labute approximate surface area is 152 Å². The van der Waals surface area contributed by atoms with Gasteiger partial charge in [0.2, 0.25) is 0 Å². The van der Waals surface area contributed by atoms with Gasteiger partial charge >= 0.3 is 17.6 Å². The Kier molecular flexibility index (Phi) is 4.77. The zero-order valence-electron chi connectivity index (χ0n) is 14.4. The molecule has 3 aromatic rings. The number of carbonyl (C=O) groups excluding carboxylic acids is 2. The molecule has 8 heteroatoms.